The summed E-state index contributed by atoms with van der Waals surface area (Å²) in [5, 5.41) is 22.0. The van der Waals surface area contributed by atoms with Crippen molar-refractivity contribution in [3.8, 4) is 11.5 Å². The van der Waals surface area contributed by atoms with Crippen molar-refractivity contribution in [2.45, 2.75) is 20.3 Å². The van der Waals surface area contributed by atoms with E-state index in [1.165, 1.54) is 6.92 Å². The van der Waals surface area contributed by atoms with Crippen molar-refractivity contribution in [2.24, 2.45) is 5.92 Å². The number of ether oxygens (including phenoxy) is 1. The monoisotopic (exact) mass is 267 g/mol. The molecule has 0 heterocycles. The van der Waals surface area contributed by atoms with Gasteiger partial charge < -0.3 is 20.3 Å². The Balaban J connectivity index is 2.73. The van der Waals surface area contributed by atoms with Crippen LogP contribution < -0.4 is 10.1 Å². The highest BCUT2D eigenvalue weighted by atomic mass is 16.5. The fourth-order valence-corrected chi connectivity index (χ4v) is 1.80. The number of aromatic hydroxyl groups is 1. The van der Waals surface area contributed by atoms with Gasteiger partial charge in [0.25, 0.3) is 0 Å². The van der Waals surface area contributed by atoms with Crippen molar-refractivity contribution < 1.29 is 19.7 Å². The number of hydrogen-bond acceptors (Lipinski definition) is 4. The molecule has 106 valence electrons. The van der Waals surface area contributed by atoms with Crippen molar-refractivity contribution in [1.29, 1.82) is 0 Å². The van der Waals surface area contributed by atoms with E-state index in [1.54, 1.807) is 18.2 Å². The van der Waals surface area contributed by atoms with Crippen molar-refractivity contribution in [1.82, 2.24) is 5.32 Å². The number of rotatable bonds is 7. The Hall–Kier alpha value is -1.75. The first-order chi connectivity index (χ1) is 9.08. The first kappa shape index (κ1) is 15.3. The Morgan fingerprint density at radius 3 is 2.79 bits per heavy atom. The van der Waals surface area contributed by atoms with E-state index >= 15 is 0 Å². The van der Waals surface area contributed by atoms with Crippen LogP contribution in [0.4, 0.5) is 0 Å². The summed E-state index contributed by atoms with van der Waals surface area (Å²) < 4.78 is 5.31. The highest BCUT2D eigenvalue weighted by molar-refractivity contribution is 5.72. The molecule has 0 saturated heterocycles. The van der Waals surface area contributed by atoms with E-state index in [9.17, 15) is 15.0 Å². The van der Waals surface area contributed by atoms with Crippen molar-refractivity contribution >= 4 is 5.91 Å². The lowest BCUT2D eigenvalue weighted by Gasteiger charge is -2.16. The number of benzene rings is 1. The minimum absolute atomic E-state index is 0.0570. The molecule has 0 aliphatic rings. The number of hydrogen-bond donors (Lipinski definition) is 3. The maximum Gasteiger partial charge on any atom is 0.216 e. The van der Waals surface area contributed by atoms with E-state index in [0.717, 1.165) is 0 Å². The van der Waals surface area contributed by atoms with Gasteiger partial charge in [-0.25, -0.2) is 0 Å². The molecule has 0 radical (unpaired) electrons. The van der Waals surface area contributed by atoms with Crippen LogP contribution in [0, 0.1) is 5.92 Å². The Morgan fingerprint density at radius 2 is 2.21 bits per heavy atom. The van der Waals surface area contributed by atoms with Gasteiger partial charge in [-0.15, -0.1) is 0 Å². The second-order valence-electron chi connectivity index (χ2n) is 4.39. The van der Waals surface area contributed by atoms with E-state index in [1.807, 2.05) is 6.92 Å². The summed E-state index contributed by atoms with van der Waals surface area (Å²) in [5.41, 5.74) is 0.704. The zero-order valence-electron chi connectivity index (χ0n) is 11.3. The summed E-state index contributed by atoms with van der Waals surface area (Å²) in [6, 6.07) is 5.28. The number of aliphatic hydroxyl groups excluding tert-OH is 1. The maximum atomic E-state index is 10.9. The lowest BCUT2D eigenvalue weighted by molar-refractivity contribution is -0.119. The molecule has 0 fully saturated rings. The number of aliphatic hydroxyl groups is 1. The quantitative estimate of drug-likeness (QED) is 0.690. The predicted molar refractivity (Wildman–Crippen MR) is 72.2 cm³/mol. The van der Waals surface area contributed by atoms with Crippen molar-refractivity contribution in [2.75, 3.05) is 19.8 Å². The molecule has 0 bridgehead atoms. The Morgan fingerprint density at radius 1 is 1.47 bits per heavy atom. The second kappa shape index (κ2) is 7.63. The molecule has 0 aliphatic heterocycles. The normalized spacial score (nSPS) is 11.9. The van der Waals surface area contributed by atoms with E-state index in [0.29, 0.717) is 30.9 Å². The molecular weight excluding hydrogens is 246 g/mol. The summed E-state index contributed by atoms with van der Waals surface area (Å²) >= 11 is 0. The number of amides is 1. The summed E-state index contributed by atoms with van der Waals surface area (Å²) in [6.45, 7) is 4.08. The van der Waals surface area contributed by atoms with E-state index in [4.69, 9.17) is 4.74 Å². The van der Waals surface area contributed by atoms with Crippen LogP contribution in [0.15, 0.2) is 18.2 Å². The molecule has 3 N–H and O–H groups in total. The SMILES string of the molecule is CCOc1cccc(CC(CO)CNC(C)=O)c1O. The maximum absolute atomic E-state index is 10.9. The van der Waals surface area contributed by atoms with Crippen LogP contribution in [0.1, 0.15) is 19.4 Å². The van der Waals surface area contributed by atoms with Gasteiger partial charge in [0, 0.05) is 26.0 Å². The molecule has 0 aliphatic carbocycles. The molecule has 19 heavy (non-hydrogen) atoms. The zero-order chi connectivity index (χ0) is 14.3. The molecule has 5 nitrogen and oxygen atoms in total. The Kier molecular flexibility index (Phi) is 6.15. The molecule has 1 aromatic rings. The van der Waals surface area contributed by atoms with Crippen LogP contribution in [0.5, 0.6) is 11.5 Å². The first-order valence-corrected chi connectivity index (χ1v) is 6.37. The third-order valence-corrected chi connectivity index (χ3v) is 2.79. The summed E-state index contributed by atoms with van der Waals surface area (Å²) in [5.74, 6) is 0.277. The van der Waals surface area contributed by atoms with Gasteiger partial charge in [-0.1, -0.05) is 12.1 Å². The highest BCUT2D eigenvalue weighted by Gasteiger charge is 2.14. The first-order valence-electron chi connectivity index (χ1n) is 6.37. The Bertz CT molecular complexity index is 420. The summed E-state index contributed by atoms with van der Waals surface area (Å²) in [4.78, 5) is 10.9. The molecule has 1 amide bonds. The zero-order valence-corrected chi connectivity index (χ0v) is 11.3. The van der Waals surface area contributed by atoms with Crippen LogP contribution in [0.2, 0.25) is 0 Å². The molecule has 0 saturated carbocycles. The number of carbonyl (C=O) groups is 1. The molecule has 5 heteroatoms. The van der Waals surface area contributed by atoms with Crippen molar-refractivity contribution in [3.63, 3.8) is 0 Å². The standard InChI is InChI=1S/C14H21NO4/c1-3-19-13-6-4-5-12(14(13)18)7-11(9-16)8-15-10(2)17/h4-6,11,16,18H,3,7-9H2,1-2H3,(H,15,17). The van der Waals surface area contributed by atoms with Crippen LogP contribution in [0.3, 0.4) is 0 Å². The van der Waals surface area contributed by atoms with E-state index in [-0.39, 0.29) is 24.2 Å². The molecule has 1 aromatic carbocycles. The number of phenolic OH excluding ortho intramolecular Hbond substituents is 1. The van der Waals surface area contributed by atoms with Gasteiger partial charge in [-0.05, 0) is 25.0 Å². The second-order valence-corrected chi connectivity index (χ2v) is 4.39. The minimum Gasteiger partial charge on any atom is -0.504 e. The molecule has 0 aromatic heterocycles. The van der Waals surface area contributed by atoms with Gasteiger partial charge in [-0.2, -0.15) is 0 Å². The van der Waals surface area contributed by atoms with Gasteiger partial charge >= 0.3 is 0 Å². The lowest BCUT2D eigenvalue weighted by Crippen LogP contribution is -2.30. The van der Waals surface area contributed by atoms with Crippen LogP contribution in [-0.4, -0.2) is 35.9 Å². The molecule has 1 rings (SSSR count). The van der Waals surface area contributed by atoms with Gasteiger partial charge in [0.05, 0.1) is 6.61 Å². The van der Waals surface area contributed by atoms with Gasteiger partial charge in [0.2, 0.25) is 5.91 Å². The molecule has 1 atom stereocenters. The van der Waals surface area contributed by atoms with Crippen LogP contribution in [0.25, 0.3) is 0 Å². The average Bonchev–Trinajstić information content (AvgIpc) is 2.38. The average molecular weight is 267 g/mol. The summed E-state index contributed by atoms with van der Waals surface area (Å²) in [7, 11) is 0. The van der Waals surface area contributed by atoms with Gasteiger partial charge in [0.1, 0.15) is 0 Å². The number of para-hydroxylation sites is 1. The molecule has 1 unspecified atom stereocenters. The topological polar surface area (TPSA) is 78.8 Å². The fraction of sp³-hybridized carbons (Fsp3) is 0.500. The number of carbonyl (C=O) groups excluding carboxylic acids is 1. The predicted octanol–water partition coefficient (Wildman–Crippen LogP) is 1.08. The number of phenols is 1. The van der Waals surface area contributed by atoms with E-state index in [2.05, 4.69) is 5.32 Å². The summed E-state index contributed by atoms with van der Waals surface area (Å²) in [6.07, 6.45) is 0.476. The van der Waals surface area contributed by atoms with Crippen LogP contribution in [-0.2, 0) is 11.2 Å². The third-order valence-electron chi connectivity index (χ3n) is 2.79. The number of nitrogens with one attached hydrogen (secondary N) is 1. The van der Waals surface area contributed by atoms with E-state index < -0.39 is 0 Å². The minimum atomic E-state index is -0.134. The molecule has 0 spiro atoms. The van der Waals surface area contributed by atoms with Gasteiger partial charge in [-0.3, -0.25) is 4.79 Å². The van der Waals surface area contributed by atoms with Gasteiger partial charge in [0.15, 0.2) is 11.5 Å². The smallest absolute Gasteiger partial charge is 0.216 e. The fourth-order valence-electron chi connectivity index (χ4n) is 1.80. The Labute approximate surface area is 113 Å². The van der Waals surface area contributed by atoms with Crippen molar-refractivity contribution in [3.05, 3.63) is 23.8 Å². The van der Waals surface area contributed by atoms with Crippen LogP contribution >= 0.6 is 0 Å². The molecular formula is C14H21NO4. The third kappa shape index (κ3) is 4.79. The lowest BCUT2D eigenvalue weighted by atomic mass is 9.99. The largest absolute Gasteiger partial charge is 0.504 e. The highest BCUT2D eigenvalue weighted by Crippen LogP contribution is 2.31.